The number of ether oxygens (including phenoxy) is 1. The molecule has 14 heavy (non-hydrogen) atoms. The molecule has 0 bridgehead atoms. The van der Waals surface area contributed by atoms with Crippen molar-refractivity contribution in [2.45, 2.75) is 0 Å². The Hall–Kier alpha value is -0.290. The molecule has 0 spiro atoms. The van der Waals surface area contributed by atoms with E-state index < -0.39 is 6.67 Å². The molecule has 0 aliphatic heterocycles. The van der Waals surface area contributed by atoms with Crippen LogP contribution in [0.25, 0.3) is 0 Å². The molecule has 0 fully saturated rings. The van der Waals surface area contributed by atoms with Crippen LogP contribution in [0.15, 0.2) is 21.1 Å². The summed E-state index contributed by atoms with van der Waals surface area (Å²) in [7, 11) is 1.59. The highest BCUT2D eigenvalue weighted by Gasteiger charge is 2.06. The number of hydrogen-bond donors (Lipinski definition) is 1. The Morgan fingerprint density at radius 1 is 1.36 bits per heavy atom. The summed E-state index contributed by atoms with van der Waals surface area (Å²) in [5.41, 5.74) is 0.822. The second-order valence-electron chi connectivity index (χ2n) is 2.58. The first kappa shape index (κ1) is 11.8. The Kier molecular flexibility index (Phi) is 4.68. The van der Waals surface area contributed by atoms with Gasteiger partial charge in [-0.1, -0.05) is 0 Å². The Morgan fingerprint density at radius 3 is 2.64 bits per heavy atom. The van der Waals surface area contributed by atoms with Gasteiger partial charge in [-0.15, -0.1) is 0 Å². The molecular weight excluding hydrogens is 317 g/mol. The van der Waals surface area contributed by atoms with Crippen LogP contribution in [0.3, 0.4) is 0 Å². The molecule has 5 heteroatoms. The van der Waals surface area contributed by atoms with E-state index in [0.717, 1.165) is 20.4 Å². The summed E-state index contributed by atoms with van der Waals surface area (Å²) < 4.78 is 18.8. The van der Waals surface area contributed by atoms with Gasteiger partial charge in [0.05, 0.1) is 17.3 Å². The summed E-state index contributed by atoms with van der Waals surface area (Å²) in [6.45, 7) is -0.103. The molecule has 0 amide bonds. The van der Waals surface area contributed by atoms with Crippen molar-refractivity contribution in [2.24, 2.45) is 0 Å². The lowest BCUT2D eigenvalue weighted by atomic mass is 10.3. The van der Waals surface area contributed by atoms with Crippen molar-refractivity contribution in [1.82, 2.24) is 0 Å². The second kappa shape index (κ2) is 5.56. The van der Waals surface area contributed by atoms with Crippen LogP contribution in [0.1, 0.15) is 0 Å². The van der Waals surface area contributed by atoms with E-state index in [1.165, 1.54) is 0 Å². The van der Waals surface area contributed by atoms with Gasteiger partial charge in [0.1, 0.15) is 12.4 Å². The van der Waals surface area contributed by atoms with E-state index in [0.29, 0.717) is 6.54 Å². The fourth-order valence-electron chi connectivity index (χ4n) is 1.00. The van der Waals surface area contributed by atoms with Crippen LogP contribution in [0.4, 0.5) is 10.1 Å². The third-order valence-electron chi connectivity index (χ3n) is 1.65. The number of hydrogen-bond acceptors (Lipinski definition) is 2. The highest BCUT2D eigenvalue weighted by Crippen LogP contribution is 2.34. The maximum Gasteiger partial charge on any atom is 0.135 e. The van der Waals surface area contributed by atoms with E-state index in [1.807, 2.05) is 12.1 Å². The normalized spacial score (nSPS) is 10.0. The summed E-state index contributed by atoms with van der Waals surface area (Å²) in [6.07, 6.45) is 0. The number of rotatable bonds is 4. The third kappa shape index (κ3) is 2.85. The number of halogens is 3. The predicted octanol–water partition coefficient (Wildman–Crippen LogP) is 3.60. The largest absolute Gasteiger partial charge is 0.495 e. The molecule has 2 nitrogen and oxygen atoms in total. The van der Waals surface area contributed by atoms with E-state index in [-0.39, 0.29) is 0 Å². The van der Waals surface area contributed by atoms with Crippen LogP contribution in [0.5, 0.6) is 5.75 Å². The molecule has 1 aromatic carbocycles. The van der Waals surface area contributed by atoms with Gasteiger partial charge in [-0.05, 0) is 37.9 Å². The smallest absolute Gasteiger partial charge is 0.135 e. The Bertz CT molecular complexity index is 320. The van der Waals surface area contributed by atoms with E-state index >= 15 is 0 Å². The zero-order valence-corrected chi connectivity index (χ0v) is 10.8. The van der Waals surface area contributed by atoms with E-state index in [9.17, 15) is 4.39 Å². The van der Waals surface area contributed by atoms with Crippen LogP contribution in [0, 0.1) is 0 Å². The van der Waals surface area contributed by atoms with Crippen molar-refractivity contribution in [3.8, 4) is 5.75 Å². The lowest BCUT2D eigenvalue weighted by molar-refractivity contribution is 0.412. The Balaban J connectivity index is 2.92. The SMILES string of the molecule is COc1cc(NCCF)c(Br)cc1Br. The fourth-order valence-corrected chi connectivity index (χ4v) is 2.30. The Labute approximate surface area is 99.1 Å². The molecule has 78 valence electrons. The fraction of sp³-hybridized carbons (Fsp3) is 0.333. The second-order valence-corrected chi connectivity index (χ2v) is 4.29. The zero-order chi connectivity index (χ0) is 10.6. The van der Waals surface area contributed by atoms with Crippen molar-refractivity contribution in [3.05, 3.63) is 21.1 Å². The van der Waals surface area contributed by atoms with E-state index in [2.05, 4.69) is 37.2 Å². The van der Waals surface area contributed by atoms with Crippen LogP contribution in [0.2, 0.25) is 0 Å². The molecule has 0 aliphatic carbocycles. The first-order chi connectivity index (χ1) is 6.69. The average Bonchev–Trinajstić information content (AvgIpc) is 2.17. The molecule has 0 aliphatic rings. The van der Waals surface area contributed by atoms with Crippen molar-refractivity contribution >= 4 is 37.5 Å². The number of alkyl halides is 1. The first-order valence-electron chi connectivity index (χ1n) is 4.02. The minimum absolute atomic E-state index is 0.295. The predicted molar refractivity (Wildman–Crippen MR) is 62.9 cm³/mol. The van der Waals surface area contributed by atoms with Crippen LogP contribution >= 0.6 is 31.9 Å². The van der Waals surface area contributed by atoms with Gasteiger partial charge in [0, 0.05) is 17.1 Å². The summed E-state index contributed by atoms with van der Waals surface area (Å²) >= 11 is 6.72. The molecular formula is C9H10Br2FNO. The standard InChI is InChI=1S/C9H10Br2FNO/c1-14-9-5-8(13-3-2-12)6(10)4-7(9)11/h4-5,13H,2-3H2,1H3. The van der Waals surface area contributed by atoms with Gasteiger partial charge in [0.2, 0.25) is 0 Å². The molecule has 0 radical (unpaired) electrons. The van der Waals surface area contributed by atoms with Crippen LogP contribution in [-0.4, -0.2) is 20.3 Å². The average molecular weight is 327 g/mol. The maximum atomic E-state index is 12.0. The number of benzene rings is 1. The highest BCUT2D eigenvalue weighted by molar-refractivity contribution is 9.11. The summed E-state index contributed by atoms with van der Waals surface area (Å²) in [4.78, 5) is 0. The number of methoxy groups -OCH3 is 1. The quantitative estimate of drug-likeness (QED) is 0.912. The topological polar surface area (TPSA) is 21.3 Å². The van der Waals surface area contributed by atoms with Gasteiger partial charge >= 0.3 is 0 Å². The van der Waals surface area contributed by atoms with Crippen LogP contribution < -0.4 is 10.1 Å². The van der Waals surface area contributed by atoms with Crippen LogP contribution in [-0.2, 0) is 0 Å². The van der Waals surface area contributed by atoms with Crippen molar-refractivity contribution in [1.29, 1.82) is 0 Å². The van der Waals surface area contributed by atoms with Crippen molar-refractivity contribution in [2.75, 3.05) is 25.6 Å². The third-order valence-corrected chi connectivity index (χ3v) is 2.93. The molecule has 0 saturated heterocycles. The van der Waals surface area contributed by atoms with E-state index in [4.69, 9.17) is 4.74 Å². The molecule has 0 unspecified atom stereocenters. The lowest BCUT2D eigenvalue weighted by Crippen LogP contribution is -2.03. The maximum absolute atomic E-state index is 12.0. The summed E-state index contributed by atoms with van der Waals surface area (Å²) in [5.74, 6) is 0.717. The molecule has 1 N–H and O–H groups in total. The number of anilines is 1. The van der Waals surface area contributed by atoms with Gasteiger partial charge in [0.15, 0.2) is 0 Å². The zero-order valence-electron chi connectivity index (χ0n) is 7.61. The van der Waals surface area contributed by atoms with Gasteiger partial charge < -0.3 is 10.1 Å². The van der Waals surface area contributed by atoms with Gasteiger partial charge in [-0.2, -0.15) is 0 Å². The first-order valence-corrected chi connectivity index (χ1v) is 5.60. The molecule has 1 rings (SSSR count). The van der Waals surface area contributed by atoms with Crippen molar-refractivity contribution < 1.29 is 9.13 Å². The van der Waals surface area contributed by atoms with Gasteiger partial charge in [-0.25, -0.2) is 4.39 Å². The molecule has 1 aromatic rings. The highest BCUT2D eigenvalue weighted by atomic mass is 79.9. The Morgan fingerprint density at radius 2 is 2.07 bits per heavy atom. The summed E-state index contributed by atoms with van der Waals surface area (Å²) in [5, 5.41) is 2.94. The summed E-state index contributed by atoms with van der Waals surface area (Å²) in [6, 6.07) is 3.67. The minimum atomic E-state index is -0.398. The van der Waals surface area contributed by atoms with Crippen molar-refractivity contribution in [3.63, 3.8) is 0 Å². The monoisotopic (exact) mass is 325 g/mol. The molecule has 0 heterocycles. The van der Waals surface area contributed by atoms with Gasteiger partial charge in [-0.3, -0.25) is 0 Å². The number of nitrogens with one attached hydrogen (secondary N) is 1. The minimum Gasteiger partial charge on any atom is -0.495 e. The van der Waals surface area contributed by atoms with E-state index in [1.54, 1.807) is 7.11 Å². The van der Waals surface area contributed by atoms with Gasteiger partial charge in [0.25, 0.3) is 0 Å². The molecule has 0 atom stereocenters. The molecule has 0 saturated carbocycles. The lowest BCUT2D eigenvalue weighted by Gasteiger charge is -2.10. The molecule has 0 aromatic heterocycles.